The van der Waals surface area contributed by atoms with Crippen LogP contribution in [0.2, 0.25) is 0 Å². The van der Waals surface area contributed by atoms with Crippen LogP contribution >= 0.6 is 0 Å². The van der Waals surface area contributed by atoms with E-state index in [4.69, 9.17) is 15.0 Å². The summed E-state index contributed by atoms with van der Waals surface area (Å²) in [7, 11) is 1.60. The van der Waals surface area contributed by atoms with Crippen LogP contribution in [0, 0.1) is 0 Å². The standard InChI is InChI=1S/C21H19N5O3/c1-28-17-6-2-13(3-7-17)10-18(22)20(27)25-21-24-19(26-29-21)15-4-5-16-12-23-9-8-14(16)11-15/h2-9,11-12,18H,10,22H2,1H3,(H,24,25,26,27)/t18-/m0/s1. The molecule has 8 nitrogen and oxygen atoms in total. The lowest BCUT2D eigenvalue weighted by Crippen LogP contribution is -2.37. The minimum absolute atomic E-state index is 0.00464. The van der Waals surface area contributed by atoms with Gasteiger partial charge in [0, 0.05) is 23.3 Å². The fourth-order valence-corrected chi connectivity index (χ4v) is 2.92. The fourth-order valence-electron chi connectivity index (χ4n) is 2.92. The Labute approximate surface area is 166 Å². The zero-order valence-electron chi connectivity index (χ0n) is 15.7. The summed E-state index contributed by atoms with van der Waals surface area (Å²) in [6, 6.07) is 14.3. The molecule has 2 aromatic heterocycles. The lowest BCUT2D eigenvalue weighted by Gasteiger charge is -2.10. The number of carbonyl (C=O) groups is 1. The Morgan fingerprint density at radius 1 is 1.17 bits per heavy atom. The Hall–Kier alpha value is -3.78. The smallest absolute Gasteiger partial charge is 0.328 e. The van der Waals surface area contributed by atoms with E-state index in [0.717, 1.165) is 27.6 Å². The minimum atomic E-state index is -0.757. The third-order valence-corrected chi connectivity index (χ3v) is 4.51. The second-order valence-electron chi connectivity index (χ2n) is 6.51. The van der Waals surface area contributed by atoms with Gasteiger partial charge >= 0.3 is 6.01 Å². The maximum atomic E-state index is 12.4. The molecule has 2 aromatic carbocycles. The Morgan fingerprint density at radius 3 is 2.79 bits per heavy atom. The summed E-state index contributed by atoms with van der Waals surface area (Å²) in [5.41, 5.74) is 7.70. The zero-order valence-corrected chi connectivity index (χ0v) is 15.7. The summed E-state index contributed by atoms with van der Waals surface area (Å²) in [4.78, 5) is 20.7. The van der Waals surface area contributed by atoms with Gasteiger partial charge in [0.15, 0.2) is 0 Å². The van der Waals surface area contributed by atoms with Gasteiger partial charge in [-0.3, -0.25) is 15.1 Å². The van der Waals surface area contributed by atoms with Gasteiger partial charge in [-0.2, -0.15) is 4.98 Å². The van der Waals surface area contributed by atoms with Crippen molar-refractivity contribution in [1.29, 1.82) is 0 Å². The zero-order chi connectivity index (χ0) is 20.2. The number of rotatable bonds is 6. The molecule has 0 aliphatic heterocycles. The molecule has 8 heteroatoms. The van der Waals surface area contributed by atoms with Crippen molar-refractivity contribution in [3.63, 3.8) is 0 Å². The molecule has 0 saturated carbocycles. The number of amides is 1. The monoisotopic (exact) mass is 389 g/mol. The van der Waals surface area contributed by atoms with Crippen molar-refractivity contribution in [2.45, 2.75) is 12.5 Å². The topological polar surface area (TPSA) is 116 Å². The minimum Gasteiger partial charge on any atom is -0.497 e. The highest BCUT2D eigenvalue weighted by atomic mass is 16.5. The predicted molar refractivity (Wildman–Crippen MR) is 108 cm³/mol. The number of nitrogens with two attached hydrogens (primary N) is 1. The van der Waals surface area contributed by atoms with Gasteiger partial charge in [-0.15, -0.1) is 0 Å². The van der Waals surface area contributed by atoms with Crippen LogP contribution in [0.15, 0.2) is 65.4 Å². The van der Waals surface area contributed by atoms with E-state index in [1.807, 2.05) is 48.5 Å². The molecule has 0 saturated heterocycles. The molecule has 0 radical (unpaired) electrons. The van der Waals surface area contributed by atoms with E-state index in [1.165, 1.54) is 0 Å². The van der Waals surface area contributed by atoms with Gasteiger partial charge < -0.3 is 15.0 Å². The molecule has 1 amide bonds. The summed E-state index contributed by atoms with van der Waals surface area (Å²) >= 11 is 0. The van der Waals surface area contributed by atoms with Gasteiger partial charge in [0.1, 0.15) is 5.75 Å². The van der Waals surface area contributed by atoms with Crippen LogP contribution in [-0.4, -0.2) is 34.2 Å². The molecule has 29 heavy (non-hydrogen) atoms. The second-order valence-corrected chi connectivity index (χ2v) is 6.51. The summed E-state index contributed by atoms with van der Waals surface area (Å²) in [5.74, 6) is 0.721. The van der Waals surface area contributed by atoms with Crippen molar-refractivity contribution in [2.75, 3.05) is 12.4 Å². The Balaban J connectivity index is 1.42. The molecule has 3 N–H and O–H groups in total. The van der Waals surface area contributed by atoms with Gasteiger partial charge in [0.05, 0.1) is 13.2 Å². The summed E-state index contributed by atoms with van der Waals surface area (Å²) in [5, 5.41) is 8.53. The number of pyridine rings is 1. The Kier molecular flexibility index (Phi) is 5.17. The number of benzene rings is 2. The normalized spacial score (nSPS) is 11.9. The van der Waals surface area contributed by atoms with Crippen LogP contribution in [0.25, 0.3) is 22.2 Å². The number of hydrogen-bond acceptors (Lipinski definition) is 7. The van der Waals surface area contributed by atoms with Crippen molar-refractivity contribution >= 4 is 22.7 Å². The molecule has 146 valence electrons. The van der Waals surface area contributed by atoms with Crippen LogP contribution in [0.3, 0.4) is 0 Å². The predicted octanol–water partition coefficient (Wildman–Crippen LogP) is 2.80. The molecule has 4 rings (SSSR count). The molecule has 0 bridgehead atoms. The van der Waals surface area contributed by atoms with Crippen molar-refractivity contribution in [3.8, 4) is 17.1 Å². The van der Waals surface area contributed by atoms with Crippen molar-refractivity contribution in [1.82, 2.24) is 15.1 Å². The second kappa shape index (κ2) is 8.07. The highest BCUT2D eigenvalue weighted by molar-refractivity contribution is 5.93. The largest absolute Gasteiger partial charge is 0.497 e. The van der Waals surface area contributed by atoms with Gasteiger partial charge in [-0.25, -0.2) is 0 Å². The number of fused-ring (bicyclic) bond motifs is 1. The molecule has 2 heterocycles. The van der Waals surface area contributed by atoms with E-state index in [9.17, 15) is 4.79 Å². The lowest BCUT2D eigenvalue weighted by atomic mass is 10.1. The van der Waals surface area contributed by atoms with Crippen LogP contribution < -0.4 is 15.8 Å². The number of aromatic nitrogens is 3. The molecular weight excluding hydrogens is 370 g/mol. The van der Waals surface area contributed by atoms with Crippen molar-refractivity contribution < 1.29 is 14.1 Å². The van der Waals surface area contributed by atoms with Crippen LogP contribution in [-0.2, 0) is 11.2 Å². The Morgan fingerprint density at radius 2 is 2.00 bits per heavy atom. The van der Waals surface area contributed by atoms with E-state index >= 15 is 0 Å². The number of nitrogens with zero attached hydrogens (tertiary/aromatic N) is 3. The van der Waals surface area contributed by atoms with E-state index in [-0.39, 0.29) is 6.01 Å². The number of carbonyl (C=O) groups excluding carboxylic acids is 1. The van der Waals surface area contributed by atoms with Gasteiger partial charge in [0.2, 0.25) is 11.7 Å². The third kappa shape index (κ3) is 4.22. The SMILES string of the molecule is COc1ccc(C[C@H](N)C(=O)Nc2nc(-c3ccc4cnccc4c3)no2)cc1. The molecule has 0 aliphatic rings. The average molecular weight is 389 g/mol. The van der Waals surface area contributed by atoms with Gasteiger partial charge in [0.25, 0.3) is 0 Å². The number of hydrogen-bond donors (Lipinski definition) is 2. The first-order valence-corrected chi connectivity index (χ1v) is 8.99. The maximum Gasteiger partial charge on any atom is 0.328 e. The average Bonchev–Trinajstić information content (AvgIpc) is 3.22. The molecule has 0 spiro atoms. The van der Waals surface area contributed by atoms with Crippen LogP contribution in [0.5, 0.6) is 5.75 Å². The molecule has 1 atom stereocenters. The quantitative estimate of drug-likeness (QED) is 0.521. The first-order chi connectivity index (χ1) is 14.1. The molecule has 0 fully saturated rings. The van der Waals surface area contributed by atoms with Crippen LogP contribution in [0.1, 0.15) is 5.56 Å². The number of nitrogens with one attached hydrogen (secondary N) is 1. The highest BCUT2D eigenvalue weighted by Gasteiger charge is 2.18. The summed E-state index contributed by atoms with van der Waals surface area (Å²) < 4.78 is 10.3. The van der Waals surface area contributed by atoms with Gasteiger partial charge in [-0.1, -0.05) is 29.4 Å². The Bertz CT molecular complexity index is 1140. The summed E-state index contributed by atoms with van der Waals surface area (Å²) in [6.45, 7) is 0. The van der Waals surface area contributed by atoms with E-state index < -0.39 is 11.9 Å². The van der Waals surface area contributed by atoms with Gasteiger partial charge in [-0.05, 0) is 41.6 Å². The lowest BCUT2D eigenvalue weighted by molar-refractivity contribution is -0.117. The van der Waals surface area contributed by atoms with Crippen molar-refractivity contribution in [2.24, 2.45) is 5.73 Å². The maximum absolute atomic E-state index is 12.4. The number of ether oxygens (including phenoxy) is 1. The van der Waals surface area contributed by atoms with E-state index in [2.05, 4.69) is 20.4 Å². The molecule has 4 aromatic rings. The van der Waals surface area contributed by atoms with Crippen LogP contribution in [0.4, 0.5) is 6.01 Å². The third-order valence-electron chi connectivity index (χ3n) is 4.51. The first-order valence-electron chi connectivity index (χ1n) is 8.99. The van der Waals surface area contributed by atoms with E-state index in [0.29, 0.717) is 12.2 Å². The van der Waals surface area contributed by atoms with Crippen molar-refractivity contribution in [3.05, 3.63) is 66.5 Å². The number of anilines is 1. The molecule has 0 unspecified atom stereocenters. The fraction of sp³-hybridized carbons (Fsp3) is 0.143. The molecular formula is C21H19N5O3. The van der Waals surface area contributed by atoms with E-state index in [1.54, 1.807) is 19.5 Å². The number of methoxy groups -OCH3 is 1. The summed E-state index contributed by atoms with van der Waals surface area (Å²) in [6.07, 6.45) is 3.87. The molecule has 0 aliphatic carbocycles. The highest BCUT2D eigenvalue weighted by Crippen LogP contribution is 2.22. The first kappa shape index (κ1) is 18.6.